The highest BCUT2D eigenvalue weighted by Gasteiger charge is 2.21. The van der Waals surface area contributed by atoms with Crippen molar-refractivity contribution in [1.82, 2.24) is 9.13 Å². The summed E-state index contributed by atoms with van der Waals surface area (Å²) in [6.45, 7) is 0. The molecule has 0 aliphatic heterocycles. The first kappa shape index (κ1) is 30.3. The molecule has 8 aromatic carbocycles. The smallest absolute Gasteiger partial charge is 0.0775 e. The van der Waals surface area contributed by atoms with E-state index in [0.29, 0.717) is 0 Å². The number of rotatable bonds is 5. The predicted molar refractivity (Wildman–Crippen MR) is 224 cm³/mol. The van der Waals surface area contributed by atoms with Crippen molar-refractivity contribution in [2.75, 3.05) is 38.0 Å². The predicted octanol–water partition coefficient (Wildman–Crippen LogP) is 12.0. The molecule has 4 heteroatoms. The molecule has 0 amide bonds. The first-order valence-corrected chi connectivity index (χ1v) is 17.9. The van der Waals surface area contributed by atoms with E-state index in [4.69, 9.17) is 0 Å². The summed E-state index contributed by atoms with van der Waals surface area (Å²) in [4.78, 5) is 4.41. The van der Waals surface area contributed by atoms with Gasteiger partial charge in [-0.05, 0) is 64.4 Å². The Kier molecular flexibility index (Phi) is 6.71. The van der Waals surface area contributed by atoms with Crippen LogP contribution in [0.15, 0.2) is 158 Å². The van der Waals surface area contributed by atoms with Gasteiger partial charge >= 0.3 is 0 Å². The quantitative estimate of drug-likeness (QED) is 0.181. The van der Waals surface area contributed by atoms with E-state index in [-0.39, 0.29) is 0 Å². The van der Waals surface area contributed by atoms with E-state index in [2.05, 4.69) is 205 Å². The third-order valence-electron chi connectivity index (χ3n) is 10.9. The summed E-state index contributed by atoms with van der Waals surface area (Å²) in [7, 11) is 8.50. The maximum atomic E-state index is 2.49. The van der Waals surface area contributed by atoms with Gasteiger partial charge in [0.25, 0.3) is 0 Å². The fourth-order valence-electron chi connectivity index (χ4n) is 8.53. The third-order valence-corrected chi connectivity index (χ3v) is 10.9. The van der Waals surface area contributed by atoms with Crippen LogP contribution in [0.3, 0.4) is 0 Å². The largest absolute Gasteiger partial charge is 0.378 e. The molecule has 250 valence electrons. The number of fused-ring (bicyclic) bond motifs is 8. The van der Waals surface area contributed by atoms with Crippen molar-refractivity contribution in [2.24, 2.45) is 0 Å². The average molecular weight is 671 g/mol. The summed E-state index contributed by atoms with van der Waals surface area (Å²) in [6.07, 6.45) is 0. The summed E-state index contributed by atoms with van der Waals surface area (Å²) >= 11 is 0. The minimum atomic E-state index is 1.18. The average Bonchev–Trinajstić information content (AvgIpc) is 3.69. The summed E-state index contributed by atoms with van der Waals surface area (Å²) < 4.78 is 4.92. The van der Waals surface area contributed by atoms with Gasteiger partial charge in [0, 0.05) is 66.2 Å². The van der Waals surface area contributed by atoms with E-state index in [1.54, 1.807) is 0 Å². The highest BCUT2D eigenvalue weighted by molar-refractivity contribution is 6.17. The molecule has 2 aromatic heterocycles. The van der Waals surface area contributed by atoms with E-state index in [9.17, 15) is 0 Å². The van der Waals surface area contributed by atoms with Gasteiger partial charge in [0.15, 0.2) is 0 Å². The van der Waals surface area contributed by atoms with Crippen LogP contribution >= 0.6 is 0 Å². The lowest BCUT2D eigenvalue weighted by Gasteiger charge is -2.20. The van der Waals surface area contributed by atoms with Gasteiger partial charge < -0.3 is 18.9 Å². The molecule has 4 nitrogen and oxygen atoms in total. The Balaban J connectivity index is 1.25. The van der Waals surface area contributed by atoms with E-state index in [1.165, 1.54) is 99.0 Å². The highest BCUT2D eigenvalue weighted by atomic mass is 15.1. The van der Waals surface area contributed by atoms with Gasteiger partial charge in [0.05, 0.1) is 39.1 Å². The molecule has 0 bridgehead atoms. The SMILES string of the molecule is CN(C)c1ccc2c3cccc(N(C)C)c3n(-c3ccc(-c4ccc(-n5c6ccccc6c6ccccc65)c5ccccc45)c4ccccc34)c2c1. The number of aromatic nitrogens is 2. The van der Waals surface area contributed by atoms with Crippen LogP contribution in [0.4, 0.5) is 11.4 Å². The van der Waals surface area contributed by atoms with Crippen LogP contribution in [0.2, 0.25) is 0 Å². The second-order valence-corrected chi connectivity index (χ2v) is 14.2. The first-order valence-electron chi connectivity index (χ1n) is 17.9. The molecular weight excluding hydrogens is 633 g/mol. The summed E-state index contributed by atoms with van der Waals surface area (Å²) in [5.41, 5.74) is 12.1. The molecule has 0 radical (unpaired) electrons. The molecule has 0 saturated heterocycles. The molecule has 2 heterocycles. The fourth-order valence-corrected chi connectivity index (χ4v) is 8.53. The van der Waals surface area contributed by atoms with Crippen molar-refractivity contribution < 1.29 is 0 Å². The minimum absolute atomic E-state index is 1.18. The zero-order chi connectivity index (χ0) is 35.1. The zero-order valence-corrected chi connectivity index (χ0v) is 29.8. The van der Waals surface area contributed by atoms with Gasteiger partial charge in [-0.2, -0.15) is 0 Å². The molecule has 0 N–H and O–H groups in total. The van der Waals surface area contributed by atoms with Crippen LogP contribution in [0.25, 0.3) is 87.7 Å². The third kappa shape index (κ3) is 4.34. The Labute approximate surface area is 303 Å². The van der Waals surface area contributed by atoms with Crippen LogP contribution in [-0.2, 0) is 0 Å². The molecule has 52 heavy (non-hydrogen) atoms. The van der Waals surface area contributed by atoms with Crippen LogP contribution in [0, 0.1) is 0 Å². The molecule has 10 rings (SSSR count). The topological polar surface area (TPSA) is 16.3 Å². The molecule has 0 unspecified atom stereocenters. The van der Waals surface area contributed by atoms with E-state index >= 15 is 0 Å². The Hall–Kier alpha value is -6.52. The first-order chi connectivity index (χ1) is 25.5. The Morgan fingerprint density at radius 3 is 1.38 bits per heavy atom. The molecule has 0 spiro atoms. The lowest BCUT2D eigenvalue weighted by Crippen LogP contribution is -2.10. The van der Waals surface area contributed by atoms with Gasteiger partial charge in [0.2, 0.25) is 0 Å². The maximum absolute atomic E-state index is 2.49. The summed E-state index contributed by atoms with van der Waals surface area (Å²) in [5.74, 6) is 0. The van der Waals surface area contributed by atoms with Crippen molar-refractivity contribution in [3.05, 3.63) is 158 Å². The van der Waals surface area contributed by atoms with Crippen LogP contribution in [0.1, 0.15) is 0 Å². The van der Waals surface area contributed by atoms with Gasteiger partial charge in [-0.1, -0.05) is 115 Å². The number of anilines is 2. The van der Waals surface area contributed by atoms with Crippen molar-refractivity contribution in [3.63, 3.8) is 0 Å². The lowest BCUT2D eigenvalue weighted by molar-refractivity contribution is 1.11. The van der Waals surface area contributed by atoms with Gasteiger partial charge in [0.1, 0.15) is 0 Å². The zero-order valence-electron chi connectivity index (χ0n) is 29.8. The Morgan fingerprint density at radius 2 is 0.827 bits per heavy atom. The van der Waals surface area contributed by atoms with Crippen molar-refractivity contribution >= 4 is 76.5 Å². The molecular formula is C48H38N4. The lowest BCUT2D eigenvalue weighted by atomic mass is 9.92. The molecule has 0 aliphatic carbocycles. The summed E-state index contributed by atoms with van der Waals surface area (Å²) in [5, 5.41) is 9.97. The normalized spacial score (nSPS) is 11.8. The maximum Gasteiger partial charge on any atom is 0.0775 e. The molecule has 0 saturated carbocycles. The van der Waals surface area contributed by atoms with E-state index < -0.39 is 0 Å². The Bertz CT molecular complexity index is 2980. The fraction of sp³-hybridized carbons (Fsp3) is 0.0833. The van der Waals surface area contributed by atoms with Crippen molar-refractivity contribution in [3.8, 4) is 22.5 Å². The number of benzene rings is 8. The second-order valence-electron chi connectivity index (χ2n) is 14.2. The molecule has 0 aliphatic rings. The molecule has 0 fully saturated rings. The molecule has 10 aromatic rings. The minimum Gasteiger partial charge on any atom is -0.378 e. The van der Waals surface area contributed by atoms with E-state index in [1.807, 2.05) is 0 Å². The van der Waals surface area contributed by atoms with Gasteiger partial charge in [-0.15, -0.1) is 0 Å². The number of hydrogen-bond donors (Lipinski definition) is 0. The van der Waals surface area contributed by atoms with Crippen LogP contribution < -0.4 is 9.80 Å². The monoisotopic (exact) mass is 670 g/mol. The van der Waals surface area contributed by atoms with Crippen LogP contribution in [-0.4, -0.2) is 37.3 Å². The standard InChI is InChI=1S/C48H38N4/c1-49(2)31-24-25-40-41-20-13-23-46(50(3)4)48(41)52(47(40)30-31)45-29-27-35(33-15-6-8-17-37(33)45)34-26-28-44(36-16-7-5-14-32(34)36)51-42-21-11-9-18-38(42)39-19-10-12-22-43(39)51/h5-30H,1-4H3. The van der Waals surface area contributed by atoms with Gasteiger partial charge in [-0.3, -0.25) is 0 Å². The number of para-hydroxylation sites is 3. The Morgan fingerprint density at radius 1 is 0.346 bits per heavy atom. The second kappa shape index (κ2) is 11.5. The highest BCUT2D eigenvalue weighted by Crippen LogP contribution is 2.44. The van der Waals surface area contributed by atoms with Gasteiger partial charge in [-0.25, -0.2) is 0 Å². The van der Waals surface area contributed by atoms with E-state index in [0.717, 1.165) is 0 Å². The number of hydrogen-bond acceptors (Lipinski definition) is 2. The summed E-state index contributed by atoms with van der Waals surface area (Å²) in [6, 6.07) is 58.1. The van der Waals surface area contributed by atoms with Crippen molar-refractivity contribution in [2.45, 2.75) is 0 Å². The molecule has 0 atom stereocenters. The van der Waals surface area contributed by atoms with Crippen LogP contribution in [0.5, 0.6) is 0 Å². The number of nitrogens with zero attached hydrogens (tertiary/aromatic N) is 4. The van der Waals surface area contributed by atoms with Crippen molar-refractivity contribution in [1.29, 1.82) is 0 Å².